The largest absolute Gasteiger partial charge is 0.495 e. The number of esters is 1. The number of aldehydes is 1. The van der Waals surface area contributed by atoms with Crippen molar-refractivity contribution in [2.45, 2.75) is 6.92 Å². The van der Waals surface area contributed by atoms with Gasteiger partial charge in [0.25, 0.3) is 0 Å². The Bertz CT molecular complexity index is 415. The van der Waals surface area contributed by atoms with E-state index >= 15 is 0 Å². The zero-order valence-corrected chi connectivity index (χ0v) is 10.5. The second kappa shape index (κ2) is 5.65. The fourth-order valence-corrected chi connectivity index (χ4v) is 1.89. The lowest BCUT2D eigenvalue weighted by Gasteiger charge is -2.10. The Morgan fingerprint density at radius 2 is 2.19 bits per heavy atom. The molecule has 1 rings (SSSR count). The van der Waals surface area contributed by atoms with E-state index in [0.29, 0.717) is 22.1 Å². The quantitative estimate of drug-likeness (QED) is 0.630. The Hall–Kier alpha value is -1.36. The molecule has 0 amide bonds. The molecule has 0 N–H and O–H groups in total. The highest BCUT2D eigenvalue weighted by Gasteiger charge is 2.17. The molecular weight excluding hydrogens is 276 g/mol. The molecule has 0 saturated carbocycles. The molecule has 0 aliphatic heterocycles. The maximum absolute atomic E-state index is 11.6. The van der Waals surface area contributed by atoms with Crippen molar-refractivity contribution in [3.63, 3.8) is 0 Å². The molecule has 0 bridgehead atoms. The van der Waals surface area contributed by atoms with Gasteiger partial charge in [-0.1, -0.05) is 0 Å². The standard InChI is InChI=1S/C11H11BrO4/c1-3-16-11(14)8-4-7(6-13)5-9(12)10(8)15-2/h4-6H,3H2,1-2H3. The maximum Gasteiger partial charge on any atom is 0.341 e. The van der Waals surface area contributed by atoms with Gasteiger partial charge in [0.15, 0.2) is 0 Å². The van der Waals surface area contributed by atoms with E-state index in [0.717, 1.165) is 0 Å². The first-order chi connectivity index (χ1) is 7.63. The van der Waals surface area contributed by atoms with E-state index in [1.807, 2.05) is 0 Å². The molecule has 1 aromatic carbocycles. The van der Waals surface area contributed by atoms with Crippen molar-refractivity contribution in [3.05, 3.63) is 27.7 Å². The minimum absolute atomic E-state index is 0.237. The van der Waals surface area contributed by atoms with Crippen LogP contribution in [0.2, 0.25) is 0 Å². The number of carbonyl (C=O) groups excluding carboxylic acids is 2. The van der Waals surface area contributed by atoms with Crippen molar-refractivity contribution in [1.29, 1.82) is 0 Å². The first-order valence-electron chi connectivity index (χ1n) is 4.63. The number of methoxy groups -OCH3 is 1. The van der Waals surface area contributed by atoms with Gasteiger partial charge in [0.2, 0.25) is 0 Å². The summed E-state index contributed by atoms with van der Waals surface area (Å²) in [5.41, 5.74) is 0.622. The van der Waals surface area contributed by atoms with E-state index in [-0.39, 0.29) is 12.2 Å². The summed E-state index contributed by atoms with van der Waals surface area (Å²) in [5, 5.41) is 0. The minimum Gasteiger partial charge on any atom is -0.495 e. The van der Waals surface area contributed by atoms with Crippen LogP contribution in [-0.2, 0) is 4.74 Å². The van der Waals surface area contributed by atoms with Crippen LogP contribution in [0.1, 0.15) is 27.6 Å². The van der Waals surface area contributed by atoms with Crippen molar-refractivity contribution in [3.8, 4) is 5.75 Å². The van der Waals surface area contributed by atoms with Crippen LogP contribution in [0, 0.1) is 0 Å². The van der Waals surface area contributed by atoms with Gasteiger partial charge in [-0.25, -0.2) is 4.79 Å². The molecule has 86 valence electrons. The summed E-state index contributed by atoms with van der Waals surface area (Å²) >= 11 is 3.23. The molecule has 0 aliphatic rings. The van der Waals surface area contributed by atoms with Gasteiger partial charge >= 0.3 is 5.97 Å². The summed E-state index contributed by atoms with van der Waals surface area (Å²) in [5.74, 6) is -0.146. The summed E-state index contributed by atoms with van der Waals surface area (Å²) in [7, 11) is 1.45. The smallest absolute Gasteiger partial charge is 0.341 e. The number of hydrogen-bond donors (Lipinski definition) is 0. The summed E-state index contributed by atoms with van der Waals surface area (Å²) in [6, 6.07) is 3.02. The maximum atomic E-state index is 11.6. The zero-order chi connectivity index (χ0) is 12.1. The van der Waals surface area contributed by atoms with E-state index in [1.54, 1.807) is 13.0 Å². The molecule has 16 heavy (non-hydrogen) atoms. The number of hydrogen-bond acceptors (Lipinski definition) is 4. The van der Waals surface area contributed by atoms with Crippen molar-refractivity contribution in [2.75, 3.05) is 13.7 Å². The first-order valence-corrected chi connectivity index (χ1v) is 5.43. The van der Waals surface area contributed by atoms with Gasteiger partial charge in [-0.05, 0) is 35.0 Å². The van der Waals surface area contributed by atoms with Crippen molar-refractivity contribution >= 4 is 28.2 Å². The predicted molar refractivity (Wildman–Crippen MR) is 62.0 cm³/mol. The van der Waals surface area contributed by atoms with Crippen LogP contribution in [-0.4, -0.2) is 26.0 Å². The minimum atomic E-state index is -0.510. The summed E-state index contributed by atoms with van der Waals surface area (Å²) in [4.78, 5) is 22.3. The molecule has 4 nitrogen and oxygen atoms in total. The van der Waals surface area contributed by atoms with E-state index in [1.165, 1.54) is 13.2 Å². The van der Waals surface area contributed by atoms with Gasteiger partial charge in [-0.2, -0.15) is 0 Å². The van der Waals surface area contributed by atoms with Crippen LogP contribution in [0.3, 0.4) is 0 Å². The van der Waals surface area contributed by atoms with Gasteiger partial charge in [-0.3, -0.25) is 4.79 Å². The third-order valence-corrected chi connectivity index (χ3v) is 2.49. The number of carbonyl (C=O) groups is 2. The average molecular weight is 287 g/mol. The third kappa shape index (κ3) is 2.61. The van der Waals surface area contributed by atoms with E-state index in [4.69, 9.17) is 9.47 Å². The lowest BCUT2D eigenvalue weighted by molar-refractivity contribution is 0.0522. The fraction of sp³-hybridized carbons (Fsp3) is 0.273. The molecule has 0 radical (unpaired) electrons. The molecule has 0 saturated heterocycles. The van der Waals surface area contributed by atoms with Crippen molar-refractivity contribution < 1.29 is 19.1 Å². The van der Waals surface area contributed by atoms with Crippen LogP contribution >= 0.6 is 15.9 Å². The van der Waals surface area contributed by atoms with Crippen LogP contribution in [0.5, 0.6) is 5.75 Å². The van der Waals surface area contributed by atoms with Crippen molar-refractivity contribution in [1.82, 2.24) is 0 Å². The van der Waals surface area contributed by atoms with Crippen LogP contribution in [0.25, 0.3) is 0 Å². The van der Waals surface area contributed by atoms with E-state index in [9.17, 15) is 9.59 Å². The highest BCUT2D eigenvalue weighted by Crippen LogP contribution is 2.30. The molecule has 0 heterocycles. The van der Waals surface area contributed by atoms with E-state index < -0.39 is 5.97 Å². The second-order valence-electron chi connectivity index (χ2n) is 2.92. The number of ether oxygens (including phenoxy) is 2. The topological polar surface area (TPSA) is 52.6 Å². The fourth-order valence-electron chi connectivity index (χ4n) is 1.25. The van der Waals surface area contributed by atoms with E-state index in [2.05, 4.69) is 15.9 Å². The lowest BCUT2D eigenvalue weighted by atomic mass is 10.1. The van der Waals surface area contributed by atoms with Gasteiger partial charge in [0.1, 0.15) is 17.6 Å². The average Bonchev–Trinajstić information content (AvgIpc) is 2.28. The molecule has 5 heteroatoms. The molecule has 0 atom stereocenters. The Morgan fingerprint density at radius 3 is 2.69 bits per heavy atom. The summed E-state index contributed by atoms with van der Waals surface area (Å²) in [6.07, 6.45) is 0.660. The first kappa shape index (κ1) is 12.7. The predicted octanol–water partition coefficient (Wildman–Crippen LogP) is 2.45. The number of rotatable bonds is 4. The van der Waals surface area contributed by atoms with Gasteiger partial charge in [0, 0.05) is 5.56 Å². The van der Waals surface area contributed by atoms with Gasteiger partial charge in [-0.15, -0.1) is 0 Å². The normalized spacial score (nSPS) is 9.69. The molecule has 1 aromatic rings. The molecule has 0 aromatic heterocycles. The van der Waals surface area contributed by atoms with Crippen molar-refractivity contribution in [2.24, 2.45) is 0 Å². The SMILES string of the molecule is CCOC(=O)c1cc(C=O)cc(Br)c1OC. The lowest BCUT2D eigenvalue weighted by Crippen LogP contribution is -2.08. The van der Waals surface area contributed by atoms with Gasteiger partial charge in [0.05, 0.1) is 18.2 Å². The van der Waals surface area contributed by atoms with Gasteiger partial charge < -0.3 is 9.47 Å². The third-order valence-electron chi connectivity index (χ3n) is 1.90. The van der Waals surface area contributed by atoms with Crippen LogP contribution in [0.15, 0.2) is 16.6 Å². The molecule has 0 spiro atoms. The Labute approximate surface area is 102 Å². The molecule has 0 aliphatic carbocycles. The molecule has 0 unspecified atom stereocenters. The molecular formula is C11H11BrO4. The van der Waals surface area contributed by atoms with Crippen LogP contribution in [0.4, 0.5) is 0 Å². The molecule has 0 fully saturated rings. The summed E-state index contributed by atoms with van der Waals surface area (Å²) < 4.78 is 10.5. The highest BCUT2D eigenvalue weighted by molar-refractivity contribution is 9.10. The Kier molecular flexibility index (Phi) is 4.49. The highest BCUT2D eigenvalue weighted by atomic mass is 79.9. The second-order valence-corrected chi connectivity index (χ2v) is 3.78. The van der Waals surface area contributed by atoms with Crippen LogP contribution < -0.4 is 4.74 Å². The summed E-state index contributed by atoms with van der Waals surface area (Å²) in [6.45, 7) is 1.98. The number of benzene rings is 1. The Morgan fingerprint density at radius 1 is 1.50 bits per heavy atom. The Balaban J connectivity index is 3.27. The zero-order valence-electron chi connectivity index (χ0n) is 8.95. The number of halogens is 1. The monoisotopic (exact) mass is 286 g/mol.